The summed E-state index contributed by atoms with van der Waals surface area (Å²) in [5.41, 5.74) is 1.69. The van der Waals surface area contributed by atoms with Crippen LogP contribution in [0.25, 0.3) is 0 Å². The summed E-state index contributed by atoms with van der Waals surface area (Å²) in [7, 11) is 0. The molecular weight excluding hydrogens is 243 g/mol. The summed E-state index contributed by atoms with van der Waals surface area (Å²) in [6.45, 7) is 6.91. The number of benzene rings is 1. The van der Waals surface area contributed by atoms with E-state index in [0.717, 1.165) is 37.3 Å². The topological polar surface area (TPSA) is 35.5 Å². The Bertz CT molecular complexity index is 423. The first-order valence-corrected chi connectivity index (χ1v) is 7.04. The second-order valence-corrected chi connectivity index (χ2v) is 5.25. The number of hydrogen-bond acceptors (Lipinski definition) is 3. The number of aliphatic hydroxyl groups excluding tert-OH is 1. The van der Waals surface area contributed by atoms with Crippen molar-refractivity contribution in [3.8, 4) is 0 Å². The molecule has 0 aromatic heterocycles. The number of aliphatic hydroxyl groups is 1. The lowest BCUT2D eigenvalue weighted by atomic mass is 10.0. The van der Waals surface area contributed by atoms with Crippen LogP contribution in [0.3, 0.4) is 0 Å². The van der Waals surface area contributed by atoms with Gasteiger partial charge in [0.25, 0.3) is 0 Å². The van der Waals surface area contributed by atoms with Crippen LogP contribution in [0, 0.1) is 11.7 Å². The maximum Gasteiger partial charge on any atom is 0.129 e. The third-order valence-electron chi connectivity index (χ3n) is 3.89. The van der Waals surface area contributed by atoms with Crippen LogP contribution in [0.5, 0.6) is 0 Å². The Hall–Kier alpha value is -1.13. The lowest BCUT2D eigenvalue weighted by Crippen LogP contribution is -2.26. The molecule has 106 valence electrons. The molecule has 0 radical (unpaired) electrons. The Morgan fingerprint density at radius 1 is 1.53 bits per heavy atom. The van der Waals surface area contributed by atoms with Gasteiger partial charge >= 0.3 is 0 Å². The Labute approximate surface area is 114 Å². The van der Waals surface area contributed by atoms with E-state index in [1.54, 1.807) is 6.07 Å². The summed E-state index contributed by atoms with van der Waals surface area (Å²) >= 11 is 0. The van der Waals surface area contributed by atoms with Crippen LogP contribution >= 0.6 is 0 Å². The van der Waals surface area contributed by atoms with E-state index in [2.05, 4.69) is 10.2 Å². The number of nitrogens with one attached hydrogen (secondary N) is 1. The minimum absolute atomic E-state index is 0.154. The molecule has 2 rings (SSSR count). The van der Waals surface area contributed by atoms with Gasteiger partial charge in [-0.25, -0.2) is 4.39 Å². The molecular formula is C15H23FN2O. The average Bonchev–Trinajstić information content (AvgIpc) is 2.86. The van der Waals surface area contributed by atoms with Crippen LogP contribution in [-0.2, 0) is 6.54 Å². The fourth-order valence-corrected chi connectivity index (χ4v) is 2.67. The molecule has 2 N–H and O–H groups in total. The summed E-state index contributed by atoms with van der Waals surface area (Å²) in [5, 5.41) is 12.9. The van der Waals surface area contributed by atoms with E-state index in [1.165, 1.54) is 6.07 Å². The van der Waals surface area contributed by atoms with E-state index < -0.39 is 0 Å². The highest BCUT2D eigenvalue weighted by molar-refractivity contribution is 5.55. The zero-order chi connectivity index (χ0) is 13.8. The summed E-state index contributed by atoms with van der Waals surface area (Å²) < 4.78 is 14.0. The summed E-state index contributed by atoms with van der Waals surface area (Å²) in [5.74, 6) is 0.134. The molecule has 0 saturated carbocycles. The van der Waals surface area contributed by atoms with E-state index in [0.29, 0.717) is 6.54 Å². The standard InChI is InChI=1S/C15H23FN2O/c1-3-17-9-13-14(16)5-4-6-15(13)18-8-7-12(10-18)11(2)19/h4-6,11-12,17,19H,3,7-10H2,1-2H3. The van der Waals surface area contributed by atoms with E-state index in [-0.39, 0.29) is 17.8 Å². The molecule has 1 aromatic carbocycles. The van der Waals surface area contributed by atoms with Crippen molar-refractivity contribution < 1.29 is 9.50 Å². The molecule has 3 nitrogen and oxygen atoms in total. The Morgan fingerprint density at radius 2 is 2.32 bits per heavy atom. The van der Waals surface area contributed by atoms with Crippen molar-refractivity contribution in [2.45, 2.75) is 32.9 Å². The lowest BCUT2D eigenvalue weighted by Gasteiger charge is -2.23. The van der Waals surface area contributed by atoms with Crippen LogP contribution in [-0.4, -0.2) is 30.8 Å². The number of anilines is 1. The highest BCUT2D eigenvalue weighted by atomic mass is 19.1. The summed E-state index contributed by atoms with van der Waals surface area (Å²) in [6, 6.07) is 5.24. The maximum atomic E-state index is 14.0. The van der Waals surface area contributed by atoms with E-state index in [9.17, 15) is 9.50 Å². The van der Waals surface area contributed by atoms with Crippen molar-refractivity contribution in [1.82, 2.24) is 5.32 Å². The number of rotatable bonds is 5. The second kappa shape index (κ2) is 6.35. The largest absolute Gasteiger partial charge is 0.393 e. The number of hydrogen-bond donors (Lipinski definition) is 2. The van der Waals surface area contributed by atoms with Gasteiger partial charge in [0.05, 0.1) is 6.10 Å². The molecule has 1 fully saturated rings. The van der Waals surface area contributed by atoms with Crippen LogP contribution in [0.2, 0.25) is 0 Å². The summed E-state index contributed by atoms with van der Waals surface area (Å²) in [6.07, 6.45) is 0.672. The van der Waals surface area contributed by atoms with E-state index in [1.807, 2.05) is 19.9 Å². The number of halogens is 1. The zero-order valence-corrected chi connectivity index (χ0v) is 11.7. The van der Waals surface area contributed by atoms with Gasteiger partial charge in [-0.2, -0.15) is 0 Å². The van der Waals surface area contributed by atoms with E-state index >= 15 is 0 Å². The van der Waals surface area contributed by atoms with Crippen LogP contribution in [0.1, 0.15) is 25.8 Å². The predicted molar refractivity (Wildman–Crippen MR) is 75.8 cm³/mol. The van der Waals surface area contributed by atoms with Crippen LogP contribution < -0.4 is 10.2 Å². The monoisotopic (exact) mass is 266 g/mol. The molecule has 0 bridgehead atoms. The Morgan fingerprint density at radius 3 is 2.95 bits per heavy atom. The first-order valence-electron chi connectivity index (χ1n) is 7.04. The van der Waals surface area contributed by atoms with Crippen molar-refractivity contribution in [1.29, 1.82) is 0 Å². The molecule has 1 aliphatic heterocycles. The van der Waals surface area contributed by atoms with Gasteiger partial charge in [0.15, 0.2) is 0 Å². The Kier molecular flexibility index (Phi) is 4.77. The molecule has 2 unspecified atom stereocenters. The van der Waals surface area contributed by atoms with Gasteiger partial charge in [-0.3, -0.25) is 0 Å². The first-order chi connectivity index (χ1) is 9.13. The van der Waals surface area contributed by atoms with E-state index in [4.69, 9.17) is 0 Å². The molecule has 2 atom stereocenters. The van der Waals surface area contributed by atoms with Gasteiger partial charge in [0, 0.05) is 36.8 Å². The van der Waals surface area contributed by atoms with Crippen LogP contribution in [0.4, 0.5) is 10.1 Å². The second-order valence-electron chi connectivity index (χ2n) is 5.25. The first kappa shape index (κ1) is 14.3. The van der Waals surface area contributed by atoms with Gasteiger partial charge in [0.1, 0.15) is 5.82 Å². The lowest BCUT2D eigenvalue weighted by molar-refractivity contribution is 0.136. The minimum atomic E-state index is -0.296. The fourth-order valence-electron chi connectivity index (χ4n) is 2.67. The van der Waals surface area contributed by atoms with Gasteiger partial charge in [0.2, 0.25) is 0 Å². The summed E-state index contributed by atoms with van der Waals surface area (Å²) in [4.78, 5) is 2.19. The zero-order valence-electron chi connectivity index (χ0n) is 11.7. The molecule has 0 aliphatic carbocycles. The SMILES string of the molecule is CCNCc1c(F)cccc1N1CCC(C(C)O)C1. The Balaban J connectivity index is 2.18. The number of nitrogens with zero attached hydrogens (tertiary/aromatic N) is 1. The van der Waals surface area contributed by atoms with Crippen molar-refractivity contribution in [3.05, 3.63) is 29.6 Å². The normalized spacial score (nSPS) is 20.8. The van der Waals surface area contributed by atoms with Crippen molar-refractivity contribution in [3.63, 3.8) is 0 Å². The van der Waals surface area contributed by atoms with Crippen molar-refractivity contribution in [2.24, 2.45) is 5.92 Å². The van der Waals surface area contributed by atoms with Gasteiger partial charge in [-0.15, -0.1) is 0 Å². The molecule has 19 heavy (non-hydrogen) atoms. The molecule has 1 aliphatic rings. The van der Waals surface area contributed by atoms with Crippen molar-refractivity contribution in [2.75, 3.05) is 24.5 Å². The van der Waals surface area contributed by atoms with Crippen LogP contribution in [0.15, 0.2) is 18.2 Å². The average molecular weight is 266 g/mol. The quantitative estimate of drug-likeness (QED) is 0.857. The minimum Gasteiger partial charge on any atom is -0.393 e. The highest BCUT2D eigenvalue weighted by Crippen LogP contribution is 2.29. The van der Waals surface area contributed by atoms with Gasteiger partial charge < -0.3 is 15.3 Å². The van der Waals surface area contributed by atoms with Gasteiger partial charge in [-0.05, 0) is 32.0 Å². The highest BCUT2D eigenvalue weighted by Gasteiger charge is 2.27. The molecule has 0 amide bonds. The molecule has 1 saturated heterocycles. The maximum absolute atomic E-state index is 14.0. The fraction of sp³-hybridized carbons (Fsp3) is 0.600. The smallest absolute Gasteiger partial charge is 0.129 e. The predicted octanol–water partition coefficient (Wildman–Crippen LogP) is 2.14. The molecule has 1 heterocycles. The molecule has 0 spiro atoms. The molecule has 1 aromatic rings. The van der Waals surface area contributed by atoms with Gasteiger partial charge in [-0.1, -0.05) is 13.0 Å². The third-order valence-corrected chi connectivity index (χ3v) is 3.89. The van der Waals surface area contributed by atoms with Crippen molar-refractivity contribution >= 4 is 5.69 Å². The third kappa shape index (κ3) is 3.25. The molecule has 4 heteroatoms.